The van der Waals surface area contributed by atoms with E-state index in [0.29, 0.717) is 17.2 Å². The van der Waals surface area contributed by atoms with E-state index in [9.17, 15) is 10.1 Å². The summed E-state index contributed by atoms with van der Waals surface area (Å²) in [6.07, 6.45) is 2.93. The van der Waals surface area contributed by atoms with Crippen LogP contribution in [0.15, 0.2) is 36.8 Å². The Labute approximate surface area is 106 Å². The molecule has 0 fully saturated rings. The number of nitrogens with two attached hydrogens (primary N) is 1. The minimum Gasteiger partial charge on any atom is -0.383 e. The second-order valence-electron chi connectivity index (χ2n) is 3.83. The van der Waals surface area contributed by atoms with Crippen molar-refractivity contribution < 1.29 is 4.92 Å². The molecule has 0 atom stereocenters. The van der Waals surface area contributed by atoms with E-state index in [2.05, 4.69) is 15.1 Å². The molecule has 0 bridgehead atoms. The van der Waals surface area contributed by atoms with Gasteiger partial charge in [-0.15, -0.1) is 0 Å². The molecule has 2 heterocycles. The van der Waals surface area contributed by atoms with Crippen molar-refractivity contribution in [3.63, 3.8) is 0 Å². The van der Waals surface area contributed by atoms with Gasteiger partial charge in [0.1, 0.15) is 12.1 Å². The summed E-state index contributed by atoms with van der Waals surface area (Å²) >= 11 is 0. The molecule has 0 saturated carbocycles. The van der Waals surface area contributed by atoms with E-state index >= 15 is 0 Å². The predicted molar refractivity (Wildman–Crippen MR) is 67.3 cm³/mol. The lowest BCUT2D eigenvalue weighted by Gasteiger charge is -2.06. The van der Waals surface area contributed by atoms with Gasteiger partial charge < -0.3 is 5.73 Å². The lowest BCUT2D eigenvalue weighted by Crippen LogP contribution is -2.02. The molecule has 1 aromatic carbocycles. The molecular formula is C11H8N6O2. The molecule has 94 valence electrons. The van der Waals surface area contributed by atoms with Crippen LogP contribution in [0.4, 0.5) is 11.5 Å². The number of aromatic nitrogens is 4. The molecule has 2 aromatic heterocycles. The van der Waals surface area contributed by atoms with E-state index in [1.54, 1.807) is 18.3 Å². The molecule has 0 radical (unpaired) electrons. The highest BCUT2D eigenvalue weighted by molar-refractivity contribution is 5.74. The maximum atomic E-state index is 10.6. The van der Waals surface area contributed by atoms with Crippen molar-refractivity contribution in [3.8, 4) is 11.1 Å². The summed E-state index contributed by atoms with van der Waals surface area (Å²) in [4.78, 5) is 18.2. The first kappa shape index (κ1) is 11.1. The molecule has 3 rings (SSSR count). The van der Waals surface area contributed by atoms with Gasteiger partial charge in [-0.25, -0.2) is 4.98 Å². The summed E-state index contributed by atoms with van der Waals surface area (Å²) in [6.45, 7) is 0. The fraction of sp³-hybridized carbons (Fsp3) is 0. The van der Waals surface area contributed by atoms with Gasteiger partial charge in [-0.2, -0.15) is 14.6 Å². The number of nitro benzene ring substituents is 1. The quantitative estimate of drug-likeness (QED) is 0.546. The summed E-state index contributed by atoms with van der Waals surface area (Å²) in [5.74, 6) is 0.791. The van der Waals surface area contributed by atoms with E-state index in [-0.39, 0.29) is 5.69 Å². The zero-order chi connectivity index (χ0) is 13.4. The molecule has 19 heavy (non-hydrogen) atoms. The summed E-state index contributed by atoms with van der Waals surface area (Å²) in [6, 6.07) is 6.07. The number of benzene rings is 1. The Morgan fingerprint density at radius 3 is 2.63 bits per heavy atom. The predicted octanol–water partition coefficient (Wildman–Crippen LogP) is 1.28. The number of anilines is 1. The van der Waals surface area contributed by atoms with Crippen LogP contribution in [-0.4, -0.2) is 24.5 Å². The molecule has 0 spiro atoms. The van der Waals surface area contributed by atoms with Gasteiger partial charge in [0.15, 0.2) is 0 Å². The second-order valence-corrected chi connectivity index (χ2v) is 3.83. The minimum absolute atomic E-state index is 0.0251. The van der Waals surface area contributed by atoms with Crippen molar-refractivity contribution >= 4 is 17.3 Å². The van der Waals surface area contributed by atoms with Gasteiger partial charge in [-0.1, -0.05) is 0 Å². The van der Waals surface area contributed by atoms with Crippen molar-refractivity contribution in [2.45, 2.75) is 0 Å². The van der Waals surface area contributed by atoms with Gasteiger partial charge >= 0.3 is 0 Å². The van der Waals surface area contributed by atoms with E-state index < -0.39 is 4.92 Å². The SMILES string of the molecule is Nc1c(-c2ccc([N+](=O)[O-])cc2)cnc2ncnn12. The molecule has 0 amide bonds. The van der Waals surface area contributed by atoms with Crippen LogP contribution in [0.1, 0.15) is 0 Å². The fourth-order valence-electron chi connectivity index (χ4n) is 1.78. The molecule has 0 saturated heterocycles. The van der Waals surface area contributed by atoms with Crippen molar-refractivity contribution in [1.29, 1.82) is 0 Å². The van der Waals surface area contributed by atoms with Crippen LogP contribution < -0.4 is 5.73 Å². The highest BCUT2D eigenvalue weighted by atomic mass is 16.6. The van der Waals surface area contributed by atoms with Crippen LogP contribution >= 0.6 is 0 Å². The van der Waals surface area contributed by atoms with Crippen molar-refractivity contribution in [3.05, 3.63) is 46.9 Å². The Bertz CT molecular complexity index is 764. The minimum atomic E-state index is -0.452. The Hall–Kier alpha value is -3.03. The fourth-order valence-corrected chi connectivity index (χ4v) is 1.78. The van der Waals surface area contributed by atoms with E-state index in [4.69, 9.17) is 5.73 Å². The third-order valence-corrected chi connectivity index (χ3v) is 2.73. The molecule has 0 aliphatic heterocycles. The smallest absolute Gasteiger partial charge is 0.269 e. The first-order valence-electron chi connectivity index (χ1n) is 5.36. The molecule has 3 aromatic rings. The van der Waals surface area contributed by atoms with Crippen LogP contribution in [0.5, 0.6) is 0 Å². The number of hydrogen-bond donors (Lipinski definition) is 1. The Morgan fingerprint density at radius 2 is 1.95 bits per heavy atom. The maximum Gasteiger partial charge on any atom is 0.269 e. The second kappa shape index (κ2) is 4.02. The summed E-state index contributed by atoms with van der Waals surface area (Å²) in [5, 5.41) is 14.6. The number of nitrogens with zero attached hydrogens (tertiary/aromatic N) is 5. The van der Waals surface area contributed by atoms with Gasteiger partial charge in [0, 0.05) is 23.9 Å². The van der Waals surface area contributed by atoms with Crippen LogP contribution in [0.25, 0.3) is 16.9 Å². The number of rotatable bonds is 2. The van der Waals surface area contributed by atoms with E-state index in [1.807, 2.05) is 0 Å². The van der Waals surface area contributed by atoms with Crippen molar-refractivity contribution in [1.82, 2.24) is 19.6 Å². The number of non-ortho nitro benzene ring substituents is 1. The first-order chi connectivity index (χ1) is 9.16. The molecule has 0 unspecified atom stereocenters. The first-order valence-corrected chi connectivity index (χ1v) is 5.36. The number of nitro groups is 1. The lowest BCUT2D eigenvalue weighted by molar-refractivity contribution is -0.384. The van der Waals surface area contributed by atoms with Gasteiger partial charge in [-0.3, -0.25) is 10.1 Å². The van der Waals surface area contributed by atoms with Gasteiger partial charge in [0.25, 0.3) is 11.5 Å². The summed E-state index contributed by atoms with van der Waals surface area (Å²) < 4.78 is 1.41. The molecule has 0 aliphatic carbocycles. The molecule has 8 nitrogen and oxygen atoms in total. The number of nitrogen functional groups attached to an aromatic ring is 1. The third kappa shape index (κ3) is 1.75. The van der Waals surface area contributed by atoms with Crippen molar-refractivity contribution in [2.24, 2.45) is 0 Å². The maximum absolute atomic E-state index is 10.6. The molecule has 8 heteroatoms. The van der Waals surface area contributed by atoms with Crippen LogP contribution in [0.3, 0.4) is 0 Å². The summed E-state index contributed by atoms with van der Waals surface area (Å²) in [5.41, 5.74) is 7.38. The Morgan fingerprint density at radius 1 is 1.21 bits per heavy atom. The van der Waals surface area contributed by atoms with E-state index in [1.165, 1.54) is 23.0 Å². The normalized spacial score (nSPS) is 10.7. The van der Waals surface area contributed by atoms with E-state index in [0.717, 1.165) is 5.56 Å². The zero-order valence-corrected chi connectivity index (χ0v) is 9.59. The molecular weight excluding hydrogens is 248 g/mol. The average Bonchev–Trinajstić information content (AvgIpc) is 2.88. The Balaban J connectivity index is 2.13. The van der Waals surface area contributed by atoms with Gasteiger partial charge in [-0.05, 0) is 17.7 Å². The number of hydrogen-bond acceptors (Lipinski definition) is 6. The van der Waals surface area contributed by atoms with Crippen LogP contribution in [-0.2, 0) is 0 Å². The van der Waals surface area contributed by atoms with Crippen LogP contribution in [0.2, 0.25) is 0 Å². The summed E-state index contributed by atoms with van der Waals surface area (Å²) in [7, 11) is 0. The Kier molecular flexibility index (Phi) is 2.34. The molecule has 0 aliphatic rings. The zero-order valence-electron chi connectivity index (χ0n) is 9.59. The number of fused-ring (bicyclic) bond motifs is 1. The highest BCUT2D eigenvalue weighted by Crippen LogP contribution is 2.26. The standard InChI is InChI=1S/C11H8N6O2/c12-10-9(5-13-11-14-6-15-16(10)11)7-1-3-8(4-2-7)17(18)19/h1-6H,12H2. The lowest BCUT2D eigenvalue weighted by atomic mass is 10.1. The third-order valence-electron chi connectivity index (χ3n) is 2.73. The van der Waals surface area contributed by atoms with Gasteiger partial charge in [0.2, 0.25) is 0 Å². The monoisotopic (exact) mass is 256 g/mol. The largest absolute Gasteiger partial charge is 0.383 e. The highest BCUT2D eigenvalue weighted by Gasteiger charge is 2.11. The van der Waals surface area contributed by atoms with Crippen LogP contribution in [0, 0.1) is 10.1 Å². The average molecular weight is 256 g/mol. The van der Waals surface area contributed by atoms with Crippen molar-refractivity contribution in [2.75, 3.05) is 5.73 Å². The molecule has 2 N–H and O–H groups in total. The topological polar surface area (TPSA) is 112 Å². The van der Waals surface area contributed by atoms with Gasteiger partial charge in [0.05, 0.1) is 4.92 Å².